The zero-order valence-corrected chi connectivity index (χ0v) is 20.5. The second-order valence-electron chi connectivity index (χ2n) is 8.95. The number of halogens is 1. The number of rotatable bonds is 7. The molecule has 2 fully saturated rings. The van der Waals surface area contributed by atoms with Crippen LogP contribution in [0.3, 0.4) is 0 Å². The third-order valence-corrected chi connectivity index (χ3v) is 8.42. The number of benzene rings is 2. The van der Waals surface area contributed by atoms with Crippen LogP contribution >= 0.6 is 0 Å². The second kappa shape index (κ2) is 10.7. The van der Waals surface area contributed by atoms with Gasteiger partial charge in [-0.3, -0.25) is 9.59 Å². The van der Waals surface area contributed by atoms with Crippen LogP contribution in [0.15, 0.2) is 47.4 Å². The lowest BCUT2D eigenvalue weighted by atomic mass is 9.98. The number of ether oxygens (including phenoxy) is 1. The number of carbonyl (C=O) groups excluding carboxylic acids is 2. The number of likely N-dealkylation sites (tertiary alicyclic amines) is 1. The molecule has 188 valence electrons. The van der Waals surface area contributed by atoms with Crippen molar-refractivity contribution in [2.45, 2.75) is 37.0 Å². The number of nitrogens with one attached hydrogen (secondary N) is 1. The molecule has 2 heterocycles. The smallest absolute Gasteiger partial charge is 0.246 e. The summed E-state index contributed by atoms with van der Waals surface area (Å²) in [5, 5.41) is 2.85. The number of methoxy groups -OCH3 is 1. The quantitative estimate of drug-likeness (QED) is 0.627. The zero-order valence-electron chi connectivity index (χ0n) is 19.7. The van der Waals surface area contributed by atoms with Gasteiger partial charge in [0.25, 0.3) is 0 Å². The average Bonchev–Trinajstić information content (AvgIpc) is 3.40. The molecule has 0 unspecified atom stereocenters. The lowest BCUT2D eigenvalue weighted by molar-refractivity contribution is -0.129. The van der Waals surface area contributed by atoms with Crippen LogP contribution in [0, 0.1) is 11.7 Å². The van der Waals surface area contributed by atoms with Crippen LogP contribution in [0.5, 0.6) is 5.75 Å². The van der Waals surface area contributed by atoms with E-state index in [1.807, 2.05) is 17.0 Å². The van der Waals surface area contributed by atoms with Crippen molar-refractivity contribution in [3.8, 4) is 5.75 Å². The topological polar surface area (TPSA) is 96.0 Å². The molecule has 1 N–H and O–H groups in total. The Hall–Kier alpha value is -2.98. The highest BCUT2D eigenvalue weighted by molar-refractivity contribution is 7.89. The van der Waals surface area contributed by atoms with Crippen LogP contribution in [0.4, 0.5) is 10.1 Å². The summed E-state index contributed by atoms with van der Waals surface area (Å²) in [6.45, 7) is 1.86. The van der Waals surface area contributed by atoms with Gasteiger partial charge in [0, 0.05) is 31.9 Å². The minimum Gasteiger partial charge on any atom is -0.495 e. The molecule has 0 aliphatic carbocycles. The molecule has 2 aliphatic rings. The highest BCUT2D eigenvalue weighted by Crippen LogP contribution is 2.30. The third-order valence-electron chi connectivity index (χ3n) is 6.53. The van der Waals surface area contributed by atoms with Crippen molar-refractivity contribution in [2.24, 2.45) is 5.92 Å². The number of hydrogen-bond acceptors (Lipinski definition) is 5. The van der Waals surface area contributed by atoms with Gasteiger partial charge in [-0.25, -0.2) is 12.8 Å². The molecule has 10 heteroatoms. The van der Waals surface area contributed by atoms with Crippen molar-refractivity contribution in [3.63, 3.8) is 0 Å². The summed E-state index contributed by atoms with van der Waals surface area (Å²) in [6, 6.07) is 10.5. The molecule has 2 aromatic rings. The van der Waals surface area contributed by atoms with E-state index < -0.39 is 21.8 Å². The van der Waals surface area contributed by atoms with Crippen LogP contribution < -0.4 is 10.1 Å². The standard InChI is InChI=1S/C25H30FN3O5S/c1-34-22-11-8-20(26)16-23(22)35(32,33)29-14-4-5-19(17-29)25(31)27-21-9-6-18(7-10-21)15-24(30)28-12-2-3-13-28/h6-11,16,19H,2-5,12-15,17H2,1H3,(H,27,31)/t19-/m0/s1. The molecule has 1 atom stereocenters. The molecular weight excluding hydrogens is 473 g/mol. The SMILES string of the molecule is COc1ccc(F)cc1S(=O)(=O)N1CCC[C@H](C(=O)Nc2ccc(CC(=O)N3CCCC3)cc2)C1. The number of nitrogens with zero attached hydrogens (tertiary/aromatic N) is 2. The van der Waals surface area contributed by atoms with Gasteiger partial charge in [0.05, 0.1) is 19.4 Å². The molecule has 2 amide bonds. The van der Waals surface area contributed by atoms with Crippen molar-refractivity contribution in [2.75, 3.05) is 38.6 Å². The molecular formula is C25H30FN3O5S. The first-order chi connectivity index (χ1) is 16.8. The second-order valence-corrected chi connectivity index (χ2v) is 10.9. The Balaban J connectivity index is 1.38. The molecule has 2 aromatic carbocycles. The van der Waals surface area contributed by atoms with Gasteiger partial charge in [0.2, 0.25) is 21.8 Å². The van der Waals surface area contributed by atoms with Crippen molar-refractivity contribution < 1.29 is 27.1 Å². The van der Waals surface area contributed by atoms with Gasteiger partial charge in [0.15, 0.2) is 0 Å². The molecule has 0 bridgehead atoms. The van der Waals surface area contributed by atoms with Crippen molar-refractivity contribution in [1.29, 1.82) is 0 Å². The minimum absolute atomic E-state index is 0.00372. The Labute approximate surface area is 205 Å². The molecule has 35 heavy (non-hydrogen) atoms. The van der Waals surface area contributed by atoms with Crippen molar-refractivity contribution >= 4 is 27.5 Å². The Kier molecular flexibility index (Phi) is 7.71. The maximum Gasteiger partial charge on any atom is 0.246 e. The van der Waals surface area contributed by atoms with Crippen molar-refractivity contribution in [3.05, 3.63) is 53.8 Å². The molecule has 4 rings (SSSR count). The first-order valence-corrected chi connectivity index (χ1v) is 13.2. The van der Waals surface area contributed by atoms with Crippen LogP contribution in [-0.4, -0.2) is 62.7 Å². The van der Waals surface area contributed by atoms with E-state index in [4.69, 9.17) is 4.74 Å². The van der Waals surface area contributed by atoms with Crippen LogP contribution in [0.25, 0.3) is 0 Å². The normalized spacial score (nSPS) is 18.9. The number of piperidine rings is 1. The van der Waals surface area contributed by atoms with Gasteiger partial charge in [-0.2, -0.15) is 4.31 Å². The van der Waals surface area contributed by atoms with E-state index in [0.29, 0.717) is 24.9 Å². The Morgan fingerprint density at radius 1 is 1.06 bits per heavy atom. The molecule has 8 nitrogen and oxygen atoms in total. The monoisotopic (exact) mass is 503 g/mol. The summed E-state index contributed by atoms with van der Waals surface area (Å²) < 4.78 is 46.5. The predicted molar refractivity (Wildman–Crippen MR) is 129 cm³/mol. The van der Waals surface area contributed by atoms with E-state index in [2.05, 4.69) is 5.32 Å². The number of carbonyl (C=O) groups is 2. The van der Waals surface area contributed by atoms with Gasteiger partial charge in [-0.05, 0) is 61.6 Å². The van der Waals surface area contributed by atoms with Gasteiger partial charge in [-0.1, -0.05) is 12.1 Å². The van der Waals surface area contributed by atoms with Crippen molar-refractivity contribution in [1.82, 2.24) is 9.21 Å². The van der Waals surface area contributed by atoms with E-state index in [-0.39, 0.29) is 35.5 Å². The van der Waals surface area contributed by atoms with E-state index in [9.17, 15) is 22.4 Å². The molecule has 0 radical (unpaired) electrons. The summed E-state index contributed by atoms with van der Waals surface area (Å²) in [5.41, 5.74) is 1.46. The van der Waals surface area contributed by atoms with Crippen LogP contribution in [-0.2, 0) is 26.0 Å². The van der Waals surface area contributed by atoms with Gasteiger partial charge < -0.3 is 15.0 Å². The predicted octanol–water partition coefficient (Wildman–Crippen LogP) is 3.04. The number of hydrogen-bond donors (Lipinski definition) is 1. The summed E-state index contributed by atoms with van der Waals surface area (Å²) in [7, 11) is -2.71. The van der Waals surface area contributed by atoms with Crippen LogP contribution in [0.1, 0.15) is 31.2 Å². The molecule has 2 aliphatic heterocycles. The summed E-state index contributed by atoms with van der Waals surface area (Å²) in [4.78, 5) is 26.9. The fraction of sp³-hybridized carbons (Fsp3) is 0.440. The van der Waals surface area contributed by atoms with E-state index in [1.54, 1.807) is 12.1 Å². The lowest BCUT2D eigenvalue weighted by Gasteiger charge is -2.31. The van der Waals surface area contributed by atoms with E-state index >= 15 is 0 Å². The molecule has 0 aromatic heterocycles. The Morgan fingerprint density at radius 3 is 2.46 bits per heavy atom. The highest BCUT2D eigenvalue weighted by atomic mass is 32.2. The molecule has 2 saturated heterocycles. The largest absolute Gasteiger partial charge is 0.495 e. The third kappa shape index (κ3) is 5.82. The fourth-order valence-electron chi connectivity index (χ4n) is 4.57. The summed E-state index contributed by atoms with van der Waals surface area (Å²) in [6.07, 6.45) is 3.47. The lowest BCUT2D eigenvalue weighted by Crippen LogP contribution is -2.43. The summed E-state index contributed by atoms with van der Waals surface area (Å²) >= 11 is 0. The van der Waals surface area contributed by atoms with E-state index in [1.165, 1.54) is 17.5 Å². The fourth-order valence-corrected chi connectivity index (χ4v) is 6.26. The maximum atomic E-state index is 13.8. The first-order valence-electron chi connectivity index (χ1n) is 11.8. The zero-order chi connectivity index (χ0) is 25.0. The summed E-state index contributed by atoms with van der Waals surface area (Å²) in [5.74, 6) is -1.34. The average molecular weight is 504 g/mol. The van der Waals surface area contributed by atoms with Gasteiger partial charge in [-0.15, -0.1) is 0 Å². The molecule has 0 saturated carbocycles. The number of sulfonamides is 1. The highest BCUT2D eigenvalue weighted by Gasteiger charge is 2.35. The number of amides is 2. The van der Waals surface area contributed by atoms with Crippen LogP contribution in [0.2, 0.25) is 0 Å². The van der Waals surface area contributed by atoms with Gasteiger partial charge >= 0.3 is 0 Å². The molecule has 0 spiro atoms. The minimum atomic E-state index is -4.04. The first kappa shape index (κ1) is 25.1. The Bertz CT molecular complexity index is 1180. The maximum absolute atomic E-state index is 13.8. The van der Waals surface area contributed by atoms with E-state index in [0.717, 1.165) is 43.6 Å². The number of anilines is 1. The van der Waals surface area contributed by atoms with Gasteiger partial charge in [0.1, 0.15) is 16.5 Å². The Morgan fingerprint density at radius 2 is 1.77 bits per heavy atom.